The molecule has 0 spiro atoms. The van der Waals surface area contributed by atoms with Gasteiger partial charge in [0.2, 0.25) is 0 Å². The maximum Gasteiger partial charge on any atom is 0.0596 e. The Balaban J connectivity index is 1.43. The Bertz CT molecular complexity index is 512. The van der Waals surface area contributed by atoms with Gasteiger partial charge in [-0.2, -0.15) is 0 Å². The van der Waals surface area contributed by atoms with Gasteiger partial charge in [-0.3, -0.25) is 9.88 Å². The normalized spacial score (nSPS) is 26.6. The fourth-order valence-corrected chi connectivity index (χ4v) is 3.83. The third-order valence-electron chi connectivity index (χ3n) is 5.33. The third-order valence-corrected chi connectivity index (χ3v) is 5.33. The van der Waals surface area contributed by atoms with E-state index in [1.54, 1.807) is 0 Å². The number of rotatable bonds is 4. The van der Waals surface area contributed by atoms with Gasteiger partial charge in [-0.25, -0.2) is 0 Å². The molecule has 1 unspecified atom stereocenters. The molecular formula is C18H28N4. The molecule has 2 aliphatic heterocycles. The van der Waals surface area contributed by atoms with Crippen LogP contribution in [-0.2, 0) is 0 Å². The van der Waals surface area contributed by atoms with Crippen molar-refractivity contribution in [2.45, 2.75) is 38.6 Å². The number of nitrogens with one attached hydrogen (secondary N) is 1. The Labute approximate surface area is 133 Å². The van der Waals surface area contributed by atoms with Gasteiger partial charge in [0.15, 0.2) is 0 Å². The molecule has 1 atom stereocenters. The van der Waals surface area contributed by atoms with E-state index in [1.807, 2.05) is 0 Å². The SMILES string of the molecule is Cc1cc(N2CCN(CC3CC3)CC2)cc(C2CCCN2)n1. The Morgan fingerprint density at radius 2 is 1.95 bits per heavy atom. The van der Waals surface area contributed by atoms with Gasteiger partial charge in [-0.1, -0.05) is 0 Å². The first-order valence-electron chi connectivity index (χ1n) is 8.97. The van der Waals surface area contributed by atoms with Crippen molar-refractivity contribution in [1.29, 1.82) is 0 Å². The molecule has 1 aromatic heterocycles. The van der Waals surface area contributed by atoms with Crippen molar-refractivity contribution < 1.29 is 0 Å². The maximum absolute atomic E-state index is 4.77. The molecule has 1 saturated carbocycles. The van der Waals surface area contributed by atoms with Gasteiger partial charge in [0, 0.05) is 50.1 Å². The van der Waals surface area contributed by atoms with Crippen LogP contribution in [0.4, 0.5) is 5.69 Å². The van der Waals surface area contributed by atoms with Gasteiger partial charge in [0.25, 0.3) is 0 Å². The first-order valence-corrected chi connectivity index (χ1v) is 8.97. The van der Waals surface area contributed by atoms with Gasteiger partial charge in [-0.15, -0.1) is 0 Å². The maximum atomic E-state index is 4.77. The molecule has 1 N–H and O–H groups in total. The van der Waals surface area contributed by atoms with Gasteiger partial charge in [0.1, 0.15) is 0 Å². The molecule has 4 rings (SSSR count). The first-order chi connectivity index (χ1) is 10.8. The predicted octanol–water partition coefficient (Wildman–Crippen LogP) is 2.35. The molecule has 22 heavy (non-hydrogen) atoms. The van der Waals surface area contributed by atoms with Crippen LogP contribution < -0.4 is 10.2 Å². The second-order valence-electron chi connectivity index (χ2n) is 7.27. The molecule has 3 fully saturated rings. The summed E-state index contributed by atoms with van der Waals surface area (Å²) >= 11 is 0. The number of hydrogen-bond acceptors (Lipinski definition) is 4. The molecule has 4 heteroatoms. The number of aryl methyl sites for hydroxylation is 1. The Hall–Kier alpha value is -1.13. The summed E-state index contributed by atoms with van der Waals surface area (Å²) in [7, 11) is 0. The zero-order valence-electron chi connectivity index (χ0n) is 13.7. The highest BCUT2D eigenvalue weighted by atomic mass is 15.3. The summed E-state index contributed by atoms with van der Waals surface area (Å²) < 4.78 is 0. The number of nitrogens with zero attached hydrogens (tertiary/aromatic N) is 3. The second-order valence-corrected chi connectivity index (χ2v) is 7.27. The van der Waals surface area contributed by atoms with E-state index in [1.165, 1.54) is 56.7 Å². The van der Waals surface area contributed by atoms with E-state index in [4.69, 9.17) is 4.98 Å². The molecule has 4 nitrogen and oxygen atoms in total. The topological polar surface area (TPSA) is 31.4 Å². The van der Waals surface area contributed by atoms with E-state index in [0.29, 0.717) is 6.04 Å². The summed E-state index contributed by atoms with van der Waals surface area (Å²) in [6, 6.07) is 5.05. The molecule has 3 aliphatic rings. The fourth-order valence-electron chi connectivity index (χ4n) is 3.83. The van der Waals surface area contributed by atoms with E-state index in [-0.39, 0.29) is 0 Å². The summed E-state index contributed by atoms with van der Waals surface area (Å²) in [5.74, 6) is 1.01. The van der Waals surface area contributed by atoms with Gasteiger partial charge >= 0.3 is 0 Å². The van der Waals surface area contributed by atoms with Crippen LogP contribution >= 0.6 is 0 Å². The molecule has 0 bridgehead atoms. The average Bonchev–Trinajstić information content (AvgIpc) is 3.17. The average molecular weight is 300 g/mol. The molecule has 1 aliphatic carbocycles. The molecule has 0 amide bonds. The minimum Gasteiger partial charge on any atom is -0.369 e. The molecule has 120 valence electrons. The van der Waals surface area contributed by atoms with Crippen molar-refractivity contribution in [2.75, 3.05) is 44.2 Å². The van der Waals surface area contributed by atoms with Crippen LogP contribution in [0.3, 0.4) is 0 Å². The van der Waals surface area contributed by atoms with Gasteiger partial charge < -0.3 is 10.2 Å². The molecule has 0 aromatic carbocycles. The molecule has 1 aromatic rings. The fraction of sp³-hybridized carbons (Fsp3) is 0.722. The van der Waals surface area contributed by atoms with Crippen molar-refractivity contribution in [3.63, 3.8) is 0 Å². The highest BCUT2D eigenvalue weighted by molar-refractivity contribution is 5.49. The number of piperazine rings is 1. The first kappa shape index (κ1) is 14.5. The predicted molar refractivity (Wildman–Crippen MR) is 90.3 cm³/mol. The van der Waals surface area contributed by atoms with Crippen molar-refractivity contribution >= 4 is 5.69 Å². The van der Waals surface area contributed by atoms with E-state index in [0.717, 1.165) is 31.2 Å². The Morgan fingerprint density at radius 3 is 2.64 bits per heavy atom. The number of pyridine rings is 1. The Morgan fingerprint density at radius 1 is 1.14 bits per heavy atom. The van der Waals surface area contributed by atoms with Gasteiger partial charge in [-0.05, 0) is 57.2 Å². The lowest BCUT2D eigenvalue weighted by Crippen LogP contribution is -2.47. The van der Waals surface area contributed by atoms with E-state index in [9.17, 15) is 0 Å². The summed E-state index contributed by atoms with van der Waals surface area (Å²) in [5, 5.41) is 3.58. The van der Waals surface area contributed by atoms with Crippen molar-refractivity contribution in [3.8, 4) is 0 Å². The molecule has 2 saturated heterocycles. The van der Waals surface area contributed by atoms with Crippen LogP contribution in [0.15, 0.2) is 12.1 Å². The summed E-state index contributed by atoms with van der Waals surface area (Å²) in [6.07, 6.45) is 5.42. The second kappa shape index (κ2) is 6.17. The summed E-state index contributed by atoms with van der Waals surface area (Å²) in [4.78, 5) is 9.98. The van der Waals surface area contributed by atoms with Crippen molar-refractivity contribution in [2.24, 2.45) is 5.92 Å². The smallest absolute Gasteiger partial charge is 0.0596 e. The standard InChI is InChI=1S/C18H28N4/c1-14-11-16(12-18(20-14)17-3-2-6-19-17)22-9-7-21(8-10-22)13-15-4-5-15/h11-12,15,17,19H,2-10,13H2,1H3. The third kappa shape index (κ3) is 3.28. The zero-order chi connectivity index (χ0) is 14.9. The lowest BCUT2D eigenvalue weighted by atomic mass is 10.1. The monoisotopic (exact) mass is 300 g/mol. The zero-order valence-corrected chi connectivity index (χ0v) is 13.7. The van der Waals surface area contributed by atoms with E-state index < -0.39 is 0 Å². The molecule has 0 radical (unpaired) electrons. The van der Waals surface area contributed by atoms with Crippen LogP contribution in [0.2, 0.25) is 0 Å². The van der Waals surface area contributed by atoms with Crippen LogP contribution in [0.5, 0.6) is 0 Å². The minimum atomic E-state index is 0.467. The molecular weight excluding hydrogens is 272 g/mol. The van der Waals surface area contributed by atoms with Crippen molar-refractivity contribution in [1.82, 2.24) is 15.2 Å². The Kier molecular flexibility index (Phi) is 4.05. The molecule has 3 heterocycles. The number of anilines is 1. The minimum absolute atomic E-state index is 0.467. The van der Waals surface area contributed by atoms with E-state index in [2.05, 4.69) is 34.2 Å². The van der Waals surface area contributed by atoms with E-state index >= 15 is 0 Å². The largest absolute Gasteiger partial charge is 0.369 e. The lowest BCUT2D eigenvalue weighted by Gasteiger charge is -2.36. The number of aromatic nitrogens is 1. The van der Waals surface area contributed by atoms with Crippen LogP contribution in [0, 0.1) is 12.8 Å². The van der Waals surface area contributed by atoms with Crippen LogP contribution in [0.1, 0.15) is 43.1 Å². The van der Waals surface area contributed by atoms with Crippen LogP contribution in [0.25, 0.3) is 0 Å². The van der Waals surface area contributed by atoms with Gasteiger partial charge in [0.05, 0.1) is 5.69 Å². The quantitative estimate of drug-likeness (QED) is 0.925. The lowest BCUT2D eigenvalue weighted by molar-refractivity contribution is 0.248. The summed E-state index contributed by atoms with van der Waals surface area (Å²) in [5.41, 5.74) is 3.77. The van der Waals surface area contributed by atoms with Crippen molar-refractivity contribution in [3.05, 3.63) is 23.5 Å². The summed E-state index contributed by atoms with van der Waals surface area (Å²) in [6.45, 7) is 9.35. The highest BCUT2D eigenvalue weighted by Crippen LogP contribution is 2.30. The number of hydrogen-bond donors (Lipinski definition) is 1. The highest BCUT2D eigenvalue weighted by Gasteiger charge is 2.27. The van der Waals surface area contributed by atoms with Crippen LogP contribution in [-0.4, -0.2) is 49.2 Å².